The molecule has 0 unspecified atom stereocenters. The number of non-ortho nitro benzene ring substituents is 1. The lowest BCUT2D eigenvalue weighted by Gasteiger charge is -2.17. The van der Waals surface area contributed by atoms with Crippen molar-refractivity contribution in [1.29, 1.82) is 0 Å². The van der Waals surface area contributed by atoms with Crippen LogP contribution >= 0.6 is 11.8 Å². The maximum atomic E-state index is 11.3. The van der Waals surface area contributed by atoms with Crippen LogP contribution in [-0.2, 0) is 4.79 Å². The van der Waals surface area contributed by atoms with Crippen LogP contribution in [0.2, 0.25) is 0 Å². The molecule has 3 aromatic rings. The molecule has 3 aromatic carbocycles. The summed E-state index contributed by atoms with van der Waals surface area (Å²) in [5, 5.41) is 13.9. The largest absolute Gasteiger partial charge is 0.326 e. The first kappa shape index (κ1) is 19.8. The molecule has 7 heteroatoms. The fourth-order valence-electron chi connectivity index (χ4n) is 3.34. The molecule has 0 bridgehead atoms. The van der Waals surface area contributed by atoms with Crippen LogP contribution in [0.3, 0.4) is 0 Å². The minimum Gasteiger partial charge on any atom is -0.326 e. The van der Waals surface area contributed by atoms with Crippen LogP contribution in [0.15, 0.2) is 82.7 Å². The molecule has 6 nitrogen and oxygen atoms in total. The van der Waals surface area contributed by atoms with Crippen LogP contribution < -0.4 is 5.32 Å². The minimum absolute atomic E-state index is 0.0628. The average molecular weight is 417 g/mol. The number of nitrogens with one attached hydrogen (secondary N) is 1. The highest BCUT2D eigenvalue weighted by Gasteiger charge is 2.23. The molecule has 150 valence electrons. The Kier molecular flexibility index (Phi) is 5.63. The molecule has 30 heavy (non-hydrogen) atoms. The molecule has 1 aliphatic rings. The van der Waals surface area contributed by atoms with E-state index >= 15 is 0 Å². The number of aliphatic imine (C=N–C) groups is 1. The molecule has 1 aliphatic heterocycles. The molecule has 1 atom stereocenters. The van der Waals surface area contributed by atoms with Gasteiger partial charge in [-0.05, 0) is 47.5 Å². The number of anilines is 1. The van der Waals surface area contributed by atoms with Gasteiger partial charge in [-0.3, -0.25) is 19.9 Å². The van der Waals surface area contributed by atoms with E-state index in [9.17, 15) is 14.9 Å². The number of benzene rings is 3. The van der Waals surface area contributed by atoms with Crippen LogP contribution in [0.25, 0.3) is 0 Å². The molecule has 1 heterocycles. The topological polar surface area (TPSA) is 84.6 Å². The van der Waals surface area contributed by atoms with Crippen molar-refractivity contribution in [1.82, 2.24) is 0 Å². The predicted octanol–water partition coefficient (Wildman–Crippen LogP) is 5.91. The monoisotopic (exact) mass is 417 g/mol. The molecule has 0 saturated carbocycles. The third-order valence-corrected chi connectivity index (χ3v) is 6.11. The zero-order valence-electron chi connectivity index (χ0n) is 16.2. The van der Waals surface area contributed by atoms with Gasteiger partial charge in [0.15, 0.2) is 0 Å². The number of nitro benzene ring substituents is 1. The van der Waals surface area contributed by atoms with E-state index in [2.05, 4.69) is 11.4 Å². The van der Waals surface area contributed by atoms with Gasteiger partial charge in [0.25, 0.3) is 5.69 Å². The SMILES string of the molecule is CC(=O)Nc1ccc([C@@H]2CC(c3ccc([N+](=O)[O-])cc3)=Nc3ccccc3S2)cc1. The Morgan fingerprint density at radius 1 is 1.07 bits per heavy atom. The number of hydrogen-bond acceptors (Lipinski definition) is 5. The van der Waals surface area contributed by atoms with Crippen LogP contribution in [0, 0.1) is 10.1 Å². The average Bonchev–Trinajstić information content (AvgIpc) is 2.94. The van der Waals surface area contributed by atoms with Crippen LogP contribution in [-0.4, -0.2) is 16.5 Å². The number of nitrogens with zero attached hydrogens (tertiary/aromatic N) is 2. The summed E-state index contributed by atoms with van der Waals surface area (Å²) < 4.78 is 0. The third kappa shape index (κ3) is 4.41. The van der Waals surface area contributed by atoms with Gasteiger partial charge in [-0.15, -0.1) is 11.8 Å². The summed E-state index contributed by atoms with van der Waals surface area (Å²) in [4.78, 5) is 27.8. The van der Waals surface area contributed by atoms with Crippen molar-refractivity contribution in [2.75, 3.05) is 5.32 Å². The summed E-state index contributed by atoms with van der Waals surface area (Å²) >= 11 is 1.75. The number of thioether (sulfide) groups is 1. The molecular formula is C23H19N3O3S. The summed E-state index contributed by atoms with van der Waals surface area (Å²) in [6.07, 6.45) is 0.677. The van der Waals surface area contributed by atoms with Gasteiger partial charge in [0.2, 0.25) is 5.91 Å². The highest BCUT2D eigenvalue weighted by atomic mass is 32.2. The van der Waals surface area contributed by atoms with Crippen molar-refractivity contribution in [2.45, 2.75) is 23.5 Å². The molecular weight excluding hydrogens is 398 g/mol. The number of carbonyl (C=O) groups is 1. The number of amides is 1. The highest BCUT2D eigenvalue weighted by molar-refractivity contribution is 7.99. The fraction of sp³-hybridized carbons (Fsp3) is 0.130. The minimum atomic E-state index is -0.400. The quantitative estimate of drug-likeness (QED) is 0.422. The Bertz CT molecular complexity index is 1130. The van der Waals surface area contributed by atoms with Gasteiger partial charge in [0, 0.05) is 47.0 Å². The summed E-state index contributed by atoms with van der Waals surface area (Å²) in [5.41, 5.74) is 4.60. The van der Waals surface area contributed by atoms with E-state index in [4.69, 9.17) is 4.99 Å². The predicted molar refractivity (Wildman–Crippen MR) is 120 cm³/mol. The smallest absolute Gasteiger partial charge is 0.269 e. The molecule has 0 radical (unpaired) electrons. The number of fused-ring (bicyclic) bond motifs is 1. The highest BCUT2D eigenvalue weighted by Crippen LogP contribution is 2.45. The van der Waals surface area contributed by atoms with Gasteiger partial charge in [-0.25, -0.2) is 0 Å². The Hall–Kier alpha value is -3.45. The van der Waals surface area contributed by atoms with Crippen LogP contribution in [0.5, 0.6) is 0 Å². The maximum absolute atomic E-state index is 11.3. The van der Waals surface area contributed by atoms with Crippen molar-refractivity contribution in [3.8, 4) is 0 Å². The fourth-order valence-corrected chi connectivity index (χ4v) is 4.57. The lowest BCUT2D eigenvalue weighted by molar-refractivity contribution is -0.384. The van der Waals surface area contributed by atoms with Crippen molar-refractivity contribution >= 4 is 40.4 Å². The zero-order valence-corrected chi connectivity index (χ0v) is 17.1. The second-order valence-electron chi connectivity index (χ2n) is 6.94. The standard InChI is InChI=1S/C23H19N3O3S/c1-15(27)24-18-10-6-17(7-11-18)23-14-21(16-8-12-19(13-9-16)26(28)29)25-20-4-2-3-5-22(20)30-23/h2-13,23H,14H2,1H3,(H,24,27)/t23-/m0/s1. The Balaban J connectivity index is 1.69. The van der Waals surface area contributed by atoms with Crippen molar-refractivity contribution < 1.29 is 9.72 Å². The van der Waals surface area contributed by atoms with E-state index in [1.165, 1.54) is 19.1 Å². The van der Waals surface area contributed by atoms with Gasteiger partial charge in [0.05, 0.1) is 10.6 Å². The maximum Gasteiger partial charge on any atom is 0.269 e. The van der Waals surface area contributed by atoms with Crippen molar-refractivity contribution in [2.24, 2.45) is 4.99 Å². The lowest BCUT2D eigenvalue weighted by atomic mass is 10.0. The molecule has 0 spiro atoms. The molecule has 0 fully saturated rings. The first-order valence-electron chi connectivity index (χ1n) is 9.45. The number of rotatable bonds is 4. The van der Waals surface area contributed by atoms with Gasteiger partial charge >= 0.3 is 0 Å². The van der Waals surface area contributed by atoms with E-state index in [1.54, 1.807) is 23.9 Å². The van der Waals surface area contributed by atoms with E-state index in [-0.39, 0.29) is 16.8 Å². The van der Waals surface area contributed by atoms with Gasteiger partial charge in [0.1, 0.15) is 0 Å². The van der Waals surface area contributed by atoms with E-state index in [0.29, 0.717) is 6.42 Å². The lowest BCUT2D eigenvalue weighted by Crippen LogP contribution is -2.07. The summed E-state index contributed by atoms with van der Waals surface area (Å²) in [7, 11) is 0. The van der Waals surface area contributed by atoms with E-state index in [1.807, 2.05) is 42.5 Å². The first-order chi connectivity index (χ1) is 14.5. The molecule has 1 amide bonds. The number of hydrogen-bond donors (Lipinski definition) is 1. The third-order valence-electron chi connectivity index (χ3n) is 4.78. The Morgan fingerprint density at radius 3 is 2.43 bits per heavy atom. The second kappa shape index (κ2) is 8.51. The van der Waals surface area contributed by atoms with Gasteiger partial charge < -0.3 is 5.32 Å². The van der Waals surface area contributed by atoms with Crippen molar-refractivity contribution in [3.63, 3.8) is 0 Å². The van der Waals surface area contributed by atoms with Gasteiger partial charge in [-0.1, -0.05) is 24.3 Å². The zero-order chi connectivity index (χ0) is 21.1. The molecule has 4 rings (SSSR count). The summed E-state index contributed by atoms with van der Waals surface area (Å²) in [6.45, 7) is 1.49. The van der Waals surface area contributed by atoms with E-state index in [0.717, 1.165) is 33.1 Å². The van der Waals surface area contributed by atoms with Crippen LogP contribution in [0.1, 0.15) is 29.7 Å². The van der Waals surface area contributed by atoms with Crippen molar-refractivity contribution in [3.05, 3.63) is 94.0 Å². The van der Waals surface area contributed by atoms with Gasteiger partial charge in [-0.2, -0.15) is 0 Å². The number of nitro groups is 1. The molecule has 0 aromatic heterocycles. The molecule has 1 N–H and O–H groups in total. The molecule has 0 saturated heterocycles. The summed E-state index contributed by atoms with van der Waals surface area (Å²) in [5.74, 6) is -0.104. The number of para-hydroxylation sites is 1. The second-order valence-corrected chi connectivity index (χ2v) is 8.19. The molecule has 0 aliphatic carbocycles. The number of carbonyl (C=O) groups excluding carboxylic acids is 1. The van der Waals surface area contributed by atoms with E-state index < -0.39 is 4.92 Å². The first-order valence-corrected chi connectivity index (χ1v) is 10.3. The van der Waals surface area contributed by atoms with Crippen LogP contribution in [0.4, 0.5) is 17.1 Å². The Morgan fingerprint density at radius 2 is 1.77 bits per heavy atom. The Labute approximate surface area is 178 Å². The normalized spacial score (nSPS) is 15.5. The summed E-state index contributed by atoms with van der Waals surface area (Å²) in [6, 6.07) is 22.4.